The molecule has 0 radical (unpaired) electrons. The molecule has 1 aliphatic rings. The van der Waals surface area contributed by atoms with Crippen molar-refractivity contribution in [3.05, 3.63) is 75.9 Å². The maximum atomic E-state index is 13.3. The molecule has 4 nitrogen and oxygen atoms in total. The summed E-state index contributed by atoms with van der Waals surface area (Å²) in [7, 11) is 0. The summed E-state index contributed by atoms with van der Waals surface area (Å²) < 4.78 is 18.7. The summed E-state index contributed by atoms with van der Waals surface area (Å²) >= 11 is 7.21. The molecule has 2 aromatic carbocycles. The van der Waals surface area contributed by atoms with Gasteiger partial charge >= 0.3 is 5.97 Å². The third kappa shape index (κ3) is 4.81. The van der Waals surface area contributed by atoms with Gasteiger partial charge in [0.15, 0.2) is 0 Å². The first-order valence-corrected chi connectivity index (χ1v) is 11.3. The fourth-order valence-corrected chi connectivity index (χ4v) is 4.62. The average Bonchev–Trinajstić information content (AvgIpc) is 3.47. The highest BCUT2D eigenvalue weighted by Crippen LogP contribution is 2.48. The van der Waals surface area contributed by atoms with Crippen LogP contribution in [-0.4, -0.2) is 18.5 Å². The summed E-state index contributed by atoms with van der Waals surface area (Å²) in [6.45, 7) is 2.20. The molecule has 31 heavy (non-hydrogen) atoms. The molecular weight excluding hydrogens is 437 g/mol. The first kappa shape index (κ1) is 21.5. The van der Waals surface area contributed by atoms with Gasteiger partial charge in [-0.1, -0.05) is 42.8 Å². The number of halogens is 2. The Kier molecular flexibility index (Phi) is 6.39. The second-order valence-electron chi connectivity index (χ2n) is 7.49. The number of amides is 1. The molecule has 3 aromatic rings. The SMILES string of the molecule is CCCOC(=O)c1c(-c2ccc(F)cc2)csc1NC(=O)C1CC1c1ccc(Cl)cc1. The van der Waals surface area contributed by atoms with Gasteiger partial charge in [0.25, 0.3) is 0 Å². The van der Waals surface area contributed by atoms with Gasteiger partial charge in [-0.2, -0.15) is 0 Å². The van der Waals surface area contributed by atoms with E-state index in [-0.39, 0.29) is 30.2 Å². The largest absolute Gasteiger partial charge is 0.462 e. The highest BCUT2D eigenvalue weighted by molar-refractivity contribution is 7.15. The second kappa shape index (κ2) is 9.20. The van der Waals surface area contributed by atoms with Crippen LogP contribution in [0.5, 0.6) is 0 Å². The summed E-state index contributed by atoms with van der Waals surface area (Å²) in [5.74, 6) is -0.995. The van der Waals surface area contributed by atoms with Crippen LogP contribution < -0.4 is 5.32 Å². The van der Waals surface area contributed by atoms with Crippen LogP contribution in [0.2, 0.25) is 5.02 Å². The lowest BCUT2D eigenvalue weighted by atomic mass is 10.0. The van der Waals surface area contributed by atoms with Gasteiger partial charge in [0.1, 0.15) is 16.4 Å². The van der Waals surface area contributed by atoms with E-state index in [2.05, 4.69) is 5.32 Å². The minimum atomic E-state index is -0.497. The van der Waals surface area contributed by atoms with Crippen molar-refractivity contribution in [3.63, 3.8) is 0 Å². The molecule has 1 saturated carbocycles. The molecule has 1 heterocycles. The second-order valence-corrected chi connectivity index (χ2v) is 8.80. The molecule has 2 atom stereocenters. The average molecular weight is 458 g/mol. The van der Waals surface area contributed by atoms with Crippen molar-refractivity contribution in [2.75, 3.05) is 11.9 Å². The first-order chi connectivity index (χ1) is 15.0. The molecule has 0 bridgehead atoms. The van der Waals surface area contributed by atoms with Gasteiger partial charge in [-0.05, 0) is 54.2 Å². The van der Waals surface area contributed by atoms with Gasteiger partial charge in [-0.15, -0.1) is 11.3 Å². The van der Waals surface area contributed by atoms with Crippen LogP contribution in [0.15, 0.2) is 53.9 Å². The molecule has 1 amide bonds. The Labute approximate surface area is 189 Å². The molecule has 1 aliphatic carbocycles. The monoisotopic (exact) mass is 457 g/mol. The number of hydrogen-bond acceptors (Lipinski definition) is 4. The van der Waals surface area contributed by atoms with E-state index >= 15 is 0 Å². The van der Waals surface area contributed by atoms with Crippen molar-refractivity contribution < 1.29 is 18.7 Å². The highest BCUT2D eigenvalue weighted by atomic mass is 35.5. The third-order valence-corrected chi connectivity index (χ3v) is 6.40. The fourth-order valence-electron chi connectivity index (χ4n) is 3.53. The molecule has 4 rings (SSSR count). The zero-order chi connectivity index (χ0) is 22.0. The van der Waals surface area contributed by atoms with Crippen molar-refractivity contribution in [1.82, 2.24) is 0 Å². The van der Waals surface area contributed by atoms with E-state index in [1.165, 1.54) is 23.5 Å². The van der Waals surface area contributed by atoms with Gasteiger partial charge < -0.3 is 10.1 Å². The lowest BCUT2D eigenvalue weighted by Crippen LogP contribution is -2.17. The quantitative estimate of drug-likeness (QED) is 0.411. The van der Waals surface area contributed by atoms with Crippen LogP contribution >= 0.6 is 22.9 Å². The number of nitrogens with one attached hydrogen (secondary N) is 1. The van der Waals surface area contributed by atoms with Crippen molar-refractivity contribution in [3.8, 4) is 11.1 Å². The Morgan fingerprint density at radius 3 is 2.55 bits per heavy atom. The molecule has 2 unspecified atom stereocenters. The van der Waals surface area contributed by atoms with Crippen molar-refractivity contribution >= 4 is 39.8 Å². The minimum Gasteiger partial charge on any atom is -0.462 e. The number of carbonyl (C=O) groups is 2. The predicted octanol–water partition coefficient (Wildman–Crippen LogP) is 6.52. The van der Waals surface area contributed by atoms with E-state index in [0.717, 1.165) is 12.0 Å². The van der Waals surface area contributed by atoms with Crippen LogP contribution in [-0.2, 0) is 9.53 Å². The zero-order valence-corrected chi connectivity index (χ0v) is 18.4. The first-order valence-electron chi connectivity index (χ1n) is 10.1. The molecule has 160 valence electrons. The number of esters is 1. The molecule has 7 heteroatoms. The molecule has 0 aliphatic heterocycles. The van der Waals surface area contributed by atoms with E-state index in [0.29, 0.717) is 33.1 Å². The Morgan fingerprint density at radius 1 is 1.16 bits per heavy atom. The maximum absolute atomic E-state index is 13.3. The molecule has 1 N–H and O–H groups in total. The van der Waals surface area contributed by atoms with Gasteiger partial charge in [0, 0.05) is 21.9 Å². The van der Waals surface area contributed by atoms with Crippen LogP contribution in [0.25, 0.3) is 11.1 Å². The van der Waals surface area contributed by atoms with Crippen molar-refractivity contribution in [2.24, 2.45) is 5.92 Å². The molecule has 0 spiro atoms. The Bertz CT molecular complexity index is 1100. The van der Waals surface area contributed by atoms with Crippen LogP contribution in [0, 0.1) is 11.7 Å². The van der Waals surface area contributed by atoms with Crippen LogP contribution in [0.4, 0.5) is 9.39 Å². The normalized spacial score (nSPS) is 17.3. The van der Waals surface area contributed by atoms with E-state index < -0.39 is 5.97 Å². The van der Waals surface area contributed by atoms with Crippen LogP contribution in [0.3, 0.4) is 0 Å². The third-order valence-electron chi connectivity index (χ3n) is 5.25. The van der Waals surface area contributed by atoms with E-state index in [1.807, 2.05) is 31.2 Å². The minimum absolute atomic E-state index is 0.128. The standard InChI is InChI=1S/C24H21ClFNO3S/c1-2-11-30-24(29)21-20(15-5-9-17(26)10-6-15)13-31-23(21)27-22(28)19-12-18(19)14-3-7-16(25)8-4-14/h3-10,13,18-19H,2,11-12H2,1H3,(H,27,28). The topological polar surface area (TPSA) is 55.4 Å². The number of rotatable bonds is 7. The molecule has 1 aromatic heterocycles. The lowest BCUT2D eigenvalue weighted by Gasteiger charge is -2.09. The maximum Gasteiger partial charge on any atom is 0.341 e. The number of hydrogen-bond donors (Lipinski definition) is 1. The molecule has 1 fully saturated rings. The van der Waals surface area contributed by atoms with E-state index in [4.69, 9.17) is 16.3 Å². The summed E-state index contributed by atoms with van der Waals surface area (Å²) in [5, 5.41) is 5.82. The number of thiophene rings is 1. The van der Waals surface area contributed by atoms with Gasteiger partial charge in [0.05, 0.1) is 6.61 Å². The fraction of sp³-hybridized carbons (Fsp3) is 0.250. The summed E-state index contributed by atoms with van der Waals surface area (Å²) in [4.78, 5) is 25.7. The number of benzene rings is 2. The molecule has 0 saturated heterocycles. The molecular formula is C24H21ClFNO3S. The number of ether oxygens (including phenoxy) is 1. The number of carbonyl (C=O) groups excluding carboxylic acids is 2. The predicted molar refractivity (Wildman–Crippen MR) is 121 cm³/mol. The Morgan fingerprint density at radius 2 is 1.87 bits per heavy atom. The van der Waals surface area contributed by atoms with E-state index in [9.17, 15) is 14.0 Å². The van der Waals surface area contributed by atoms with E-state index in [1.54, 1.807) is 17.5 Å². The Balaban J connectivity index is 1.56. The van der Waals surface area contributed by atoms with Crippen molar-refractivity contribution in [2.45, 2.75) is 25.7 Å². The number of anilines is 1. The smallest absolute Gasteiger partial charge is 0.341 e. The van der Waals surface area contributed by atoms with Crippen LogP contribution in [0.1, 0.15) is 41.6 Å². The van der Waals surface area contributed by atoms with Gasteiger partial charge in [-0.25, -0.2) is 9.18 Å². The highest BCUT2D eigenvalue weighted by Gasteiger charge is 2.44. The zero-order valence-electron chi connectivity index (χ0n) is 16.9. The Hall–Kier alpha value is -2.70. The summed E-state index contributed by atoms with van der Waals surface area (Å²) in [6, 6.07) is 13.4. The lowest BCUT2D eigenvalue weighted by molar-refractivity contribution is -0.117. The summed E-state index contributed by atoms with van der Waals surface area (Å²) in [6.07, 6.45) is 1.44. The van der Waals surface area contributed by atoms with Gasteiger partial charge in [-0.3, -0.25) is 4.79 Å². The van der Waals surface area contributed by atoms with Crippen molar-refractivity contribution in [1.29, 1.82) is 0 Å². The van der Waals surface area contributed by atoms with Gasteiger partial charge in [0.2, 0.25) is 5.91 Å². The summed E-state index contributed by atoms with van der Waals surface area (Å²) in [5.41, 5.74) is 2.69.